The van der Waals surface area contributed by atoms with Crippen LogP contribution in [-0.2, 0) is 4.74 Å². The number of amides is 2. The van der Waals surface area contributed by atoms with Gasteiger partial charge < -0.3 is 19.5 Å². The standard InChI is InChI=1S/C25H26N6O3/c1-16-14-31(24(33)21-12-17-4-3-9-26-22(17)28-21)15-25(34-16)7-10-30(11-8-25)23(32)18-5-2-6-20-19(18)13-27-29-20/h2-6,9,12-13,16H,7-8,10-11,14-15H2,1H3,(H,26,28)(H,27,29). The molecule has 2 N–H and O–H groups in total. The molecule has 9 nitrogen and oxygen atoms in total. The van der Waals surface area contributed by atoms with E-state index in [4.69, 9.17) is 4.74 Å². The molecular weight excluding hydrogens is 432 g/mol. The second kappa shape index (κ2) is 7.95. The highest BCUT2D eigenvalue weighted by molar-refractivity contribution is 6.06. The molecule has 2 saturated heterocycles. The summed E-state index contributed by atoms with van der Waals surface area (Å²) in [5.74, 6) is -0.0399. The molecule has 0 saturated carbocycles. The molecule has 174 valence electrons. The van der Waals surface area contributed by atoms with E-state index in [1.54, 1.807) is 12.4 Å². The van der Waals surface area contributed by atoms with Gasteiger partial charge in [-0.25, -0.2) is 4.98 Å². The van der Waals surface area contributed by atoms with E-state index in [-0.39, 0.29) is 17.9 Å². The zero-order valence-corrected chi connectivity index (χ0v) is 19.0. The van der Waals surface area contributed by atoms with Crippen molar-refractivity contribution in [2.75, 3.05) is 26.2 Å². The van der Waals surface area contributed by atoms with E-state index in [0.29, 0.717) is 55.9 Å². The lowest BCUT2D eigenvalue weighted by atomic mass is 9.88. The van der Waals surface area contributed by atoms with Crippen LogP contribution < -0.4 is 0 Å². The van der Waals surface area contributed by atoms with E-state index in [2.05, 4.69) is 20.2 Å². The van der Waals surface area contributed by atoms with E-state index in [1.165, 1.54) is 0 Å². The number of aromatic nitrogens is 4. The molecule has 2 aliphatic heterocycles. The molecule has 9 heteroatoms. The van der Waals surface area contributed by atoms with Crippen molar-refractivity contribution in [1.82, 2.24) is 30.0 Å². The predicted molar refractivity (Wildman–Crippen MR) is 127 cm³/mol. The van der Waals surface area contributed by atoms with Crippen LogP contribution in [0.5, 0.6) is 0 Å². The number of rotatable bonds is 2. The summed E-state index contributed by atoms with van der Waals surface area (Å²) in [7, 11) is 0. The molecule has 0 aliphatic carbocycles. The fraction of sp³-hybridized carbons (Fsp3) is 0.360. The summed E-state index contributed by atoms with van der Waals surface area (Å²) in [6.07, 6.45) is 4.69. The first-order chi connectivity index (χ1) is 16.5. The van der Waals surface area contributed by atoms with Gasteiger partial charge in [0.2, 0.25) is 0 Å². The minimum Gasteiger partial charge on any atom is -0.368 e. The highest BCUT2D eigenvalue weighted by atomic mass is 16.5. The van der Waals surface area contributed by atoms with Gasteiger partial charge in [0.25, 0.3) is 11.8 Å². The number of carbonyl (C=O) groups excluding carboxylic acids is 2. The Bertz CT molecular complexity index is 1350. The summed E-state index contributed by atoms with van der Waals surface area (Å²) < 4.78 is 6.41. The van der Waals surface area contributed by atoms with Gasteiger partial charge in [0, 0.05) is 36.6 Å². The first kappa shape index (κ1) is 20.9. The second-order valence-electron chi connectivity index (χ2n) is 9.35. The molecule has 0 bridgehead atoms. The third-order valence-electron chi connectivity index (χ3n) is 6.99. The Balaban J connectivity index is 1.18. The number of aromatic amines is 2. The summed E-state index contributed by atoms with van der Waals surface area (Å²) in [6, 6.07) is 11.3. The minimum absolute atomic E-state index is 0.00390. The first-order valence-corrected chi connectivity index (χ1v) is 11.6. The van der Waals surface area contributed by atoms with Crippen LogP contribution in [0.3, 0.4) is 0 Å². The molecule has 2 aliphatic rings. The van der Waals surface area contributed by atoms with Crippen LogP contribution >= 0.6 is 0 Å². The van der Waals surface area contributed by atoms with Crippen molar-refractivity contribution in [3.63, 3.8) is 0 Å². The number of H-pyrrole nitrogens is 2. The molecule has 1 spiro atoms. The van der Waals surface area contributed by atoms with Crippen LogP contribution in [0, 0.1) is 0 Å². The highest BCUT2D eigenvalue weighted by Crippen LogP contribution is 2.34. The lowest BCUT2D eigenvalue weighted by Gasteiger charge is -2.49. The average molecular weight is 459 g/mol. The largest absolute Gasteiger partial charge is 0.368 e. The van der Waals surface area contributed by atoms with Crippen LogP contribution in [0.25, 0.3) is 21.9 Å². The summed E-state index contributed by atoms with van der Waals surface area (Å²) in [5.41, 5.74) is 2.31. The maximum absolute atomic E-state index is 13.3. The molecule has 3 aromatic heterocycles. The van der Waals surface area contributed by atoms with Crippen molar-refractivity contribution >= 4 is 33.8 Å². The number of fused-ring (bicyclic) bond motifs is 2. The van der Waals surface area contributed by atoms with Crippen molar-refractivity contribution in [2.24, 2.45) is 0 Å². The fourth-order valence-corrected chi connectivity index (χ4v) is 5.34. The Kier molecular flexibility index (Phi) is 4.88. The number of nitrogens with zero attached hydrogens (tertiary/aromatic N) is 4. The molecule has 5 heterocycles. The van der Waals surface area contributed by atoms with E-state index in [1.807, 2.05) is 53.1 Å². The number of benzene rings is 1. The van der Waals surface area contributed by atoms with Gasteiger partial charge in [0.1, 0.15) is 11.3 Å². The van der Waals surface area contributed by atoms with Gasteiger partial charge in [-0.15, -0.1) is 0 Å². The molecule has 4 aromatic rings. The SMILES string of the molecule is CC1CN(C(=O)c2cc3cccnc3[nH]2)CC2(CCN(C(=O)c3cccc4[nH]ncc34)CC2)O1. The summed E-state index contributed by atoms with van der Waals surface area (Å²) in [4.78, 5) is 37.8. The van der Waals surface area contributed by atoms with Gasteiger partial charge in [-0.05, 0) is 50.1 Å². The van der Waals surface area contributed by atoms with Gasteiger partial charge in [-0.2, -0.15) is 5.10 Å². The summed E-state index contributed by atoms with van der Waals surface area (Å²) in [6.45, 7) is 4.22. The lowest BCUT2D eigenvalue weighted by molar-refractivity contribution is -0.158. The number of nitrogens with one attached hydrogen (secondary N) is 2. The minimum atomic E-state index is -0.448. The highest BCUT2D eigenvalue weighted by Gasteiger charge is 2.44. The van der Waals surface area contributed by atoms with Gasteiger partial charge in [-0.3, -0.25) is 14.7 Å². The lowest BCUT2D eigenvalue weighted by Crippen LogP contribution is -2.60. The Hall–Kier alpha value is -3.72. The van der Waals surface area contributed by atoms with E-state index in [9.17, 15) is 9.59 Å². The molecule has 1 atom stereocenters. The van der Waals surface area contributed by atoms with Crippen LogP contribution in [0.4, 0.5) is 0 Å². The fourth-order valence-electron chi connectivity index (χ4n) is 5.34. The molecule has 34 heavy (non-hydrogen) atoms. The molecule has 6 rings (SSSR count). The van der Waals surface area contributed by atoms with E-state index < -0.39 is 5.60 Å². The quantitative estimate of drug-likeness (QED) is 0.480. The van der Waals surface area contributed by atoms with Gasteiger partial charge >= 0.3 is 0 Å². The van der Waals surface area contributed by atoms with Gasteiger partial charge in [0.05, 0.1) is 35.5 Å². The molecule has 2 amide bonds. The van der Waals surface area contributed by atoms with E-state index in [0.717, 1.165) is 16.3 Å². The summed E-state index contributed by atoms with van der Waals surface area (Å²) >= 11 is 0. The number of piperidine rings is 1. The maximum atomic E-state index is 13.3. The molecule has 2 fully saturated rings. The number of likely N-dealkylation sites (tertiary alicyclic amines) is 1. The number of hydrogen-bond acceptors (Lipinski definition) is 5. The molecule has 1 unspecified atom stereocenters. The zero-order valence-electron chi connectivity index (χ0n) is 19.0. The van der Waals surface area contributed by atoms with Crippen molar-refractivity contribution < 1.29 is 14.3 Å². The molecule has 1 aromatic carbocycles. The second-order valence-corrected chi connectivity index (χ2v) is 9.35. The first-order valence-electron chi connectivity index (χ1n) is 11.6. The van der Waals surface area contributed by atoms with Gasteiger partial charge in [0.15, 0.2) is 0 Å². The number of morpholine rings is 1. The Morgan fingerprint density at radius 1 is 1.12 bits per heavy atom. The number of hydrogen-bond donors (Lipinski definition) is 2. The Morgan fingerprint density at radius 3 is 2.79 bits per heavy atom. The van der Waals surface area contributed by atoms with Crippen molar-refractivity contribution in [3.8, 4) is 0 Å². The van der Waals surface area contributed by atoms with Crippen molar-refractivity contribution in [3.05, 3.63) is 60.0 Å². The van der Waals surface area contributed by atoms with Crippen LogP contribution in [0.15, 0.2) is 48.8 Å². The third kappa shape index (κ3) is 3.52. The maximum Gasteiger partial charge on any atom is 0.270 e. The van der Waals surface area contributed by atoms with Crippen LogP contribution in [0.1, 0.15) is 40.6 Å². The number of ether oxygens (including phenoxy) is 1. The number of carbonyl (C=O) groups is 2. The zero-order chi connectivity index (χ0) is 23.3. The molecular formula is C25H26N6O3. The van der Waals surface area contributed by atoms with Crippen molar-refractivity contribution in [1.29, 1.82) is 0 Å². The number of pyridine rings is 1. The Labute approximate surface area is 196 Å². The van der Waals surface area contributed by atoms with Gasteiger partial charge in [-0.1, -0.05) is 6.07 Å². The van der Waals surface area contributed by atoms with Crippen molar-refractivity contribution in [2.45, 2.75) is 31.5 Å². The smallest absolute Gasteiger partial charge is 0.270 e. The average Bonchev–Trinajstić information content (AvgIpc) is 3.50. The van der Waals surface area contributed by atoms with Crippen LogP contribution in [-0.4, -0.2) is 79.7 Å². The normalized spacial score (nSPS) is 20.3. The summed E-state index contributed by atoms with van der Waals surface area (Å²) in [5, 5.41) is 8.74. The van der Waals surface area contributed by atoms with Crippen LogP contribution in [0.2, 0.25) is 0 Å². The Morgan fingerprint density at radius 2 is 1.97 bits per heavy atom. The monoisotopic (exact) mass is 458 g/mol. The third-order valence-corrected chi connectivity index (χ3v) is 6.99. The molecule has 0 radical (unpaired) electrons. The topological polar surface area (TPSA) is 107 Å². The van der Waals surface area contributed by atoms with E-state index >= 15 is 0 Å². The predicted octanol–water partition coefficient (Wildman–Crippen LogP) is 2.98.